The van der Waals surface area contributed by atoms with E-state index < -0.39 is 17.7 Å². The second-order valence-electron chi connectivity index (χ2n) is 4.69. The van der Waals surface area contributed by atoms with Gasteiger partial charge < -0.3 is 25.4 Å². The first-order valence-corrected chi connectivity index (χ1v) is 6.37. The van der Waals surface area contributed by atoms with Crippen molar-refractivity contribution in [1.29, 1.82) is 0 Å². The van der Waals surface area contributed by atoms with Crippen LogP contribution in [-0.4, -0.2) is 60.3 Å². The lowest BCUT2D eigenvalue weighted by Crippen LogP contribution is -2.77. The molecule has 0 heterocycles. The first-order chi connectivity index (χ1) is 8.68. The summed E-state index contributed by atoms with van der Waals surface area (Å²) in [5, 5.41) is 21.8. The molecule has 0 saturated heterocycles. The summed E-state index contributed by atoms with van der Waals surface area (Å²) in [6.45, 7) is 5.87. The zero-order valence-corrected chi connectivity index (χ0v) is 11.9. The third kappa shape index (κ3) is 6.11. The molecule has 0 aliphatic rings. The van der Waals surface area contributed by atoms with Crippen LogP contribution in [-0.2, 0) is 9.47 Å². The van der Waals surface area contributed by atoms with E-state index in [0.717, 1.165) is 0 Å². The highest BCUT2D eigenvalue weighted by Gasteiger charge is 2.45. The lowest BCUT2D eigenvalue weighted by Gasteiger charge is -2.42. The molecule has 0 aromatic carbocycles. The minimum Gasteiger partial charge on any atom is -0.391 e. The molecule has 0 aromatic rings. The molecule has 8 nitrogen and oxygen atoms in total. The Kier molecular flexibility index (Phi) is 7.94. The summed E-state index contributed by atoms with van der Waals surface area (Å²) >= 11 is 0. The van der Waals surface area contributed by atoms with E-state index in [2.05, 4.69) is 5.32 Å². The van der Waals surface area contributed by atoms with Crippen molar-refractivity contribution in [2.45, 2.75) is 44.6 Å². The lowest BCUT2D eigenvalue weighted by molar-refractivity contribution is -0.205. The van der Waals surface area contributed by atoms with E-state index in [1.807, 2.05) is 6.92 Å². The molecule has 0 spiro atoms. The normalized spacial score (nSPS) is 18.9. The molecule has 0 rings (SSSR count). The van der Waals surface area contributed by atoms with Crippen molar-refractivity contribution in [2.24, 2.45) is 17.2 Å². The zero-order chi connectivity index (χ0) is 15.1. The van der Waals surface area contributed by atoms with Gasteiger partial charge in [-0.2, -0.15) is 0 Å². The minimum absolute atomic E-state index is 0.104. The van der Waals surface area contributed by atoms with E-state index in [9.17, 15) is 5.11 Å². The van der Waals surface area contributed by atoms with Gasteiger partial charge in [0.15, 0.2) is 5.72 Å². The van der Waals surface area contributed by atoms with E-state index >= 15 is 0 Å². The predicted octanol–water partition coefficient (Wildman–Crippen LogP) is -2.38. The summed E-state index contributed by atoms with van der Waals surface area (Å²) in [7, 11) is 0. The van der Waals surface area contributed by atoms with Crippen LogP contribution in [0.3, 0.4) is 0 Å². The van der Waals surface area contributed by atoms with Crippen LogP contribution in [0.15, 0.2) is 0 Å². The monoisotopic (exact) mass is 280 g/mol. The fraction of sp³-hybridized carbons (Fsp3) is 1.00. The van der Waals surface area contributed by atoms with Crippen LogP contribution in [0.4, 0.5) is 0 Å². The van der Waals surface area contributed by atoms with Crippen molar-refractivity contribution in [3.63, 3.8) is 0 Å². The van der Waals surface area contributed by atoms with Gasteiger partial charge in [-0.1, -0.05) is 6.92 Å². The Morgan fingerprint density at radius 2 is 1.84 bits per heavy atom. The molecule has 3 unspecified atom stereocenters. The molecule has 0 amide bonds. The second kappa shape index (κ2) is 8.08. The van der Waals surface area contributed by atoms with Crippen LogP contribution < -0.4 is 22.5 Å². The Balaban J connectivity index is 4.50. The van der Waals surface area contributed by atoms with Crippen molar-refractivity contribution in [3.05, 3.63) is 0 Å². The molecule has 0 bridgehead atoms. The summed E-state index contributed by atoms with van der Waals surface area (Å²) in [4.78, 5) is 0. The van der Waals surface area contributed by atoms with Crippen LogP contribution in [0.25, 0.3) is 0 Å². The average molecular weight is 280 g/mol. The van der Waals surface area contributed by atoms with Gasteiger partial charge in [0.05, 0.1) is 25.4 Å². The molecule has 0 aliphatic carbocycles. The Bertz CT molecular complexity index is 247. The molecule has 0 saturated carbocycles. The third-order valence-corrected chi connectivity index (χ3v) is 2.58. The van der Waals surface area contributed by atoms with Crippen LogP contribution in [0, 0.1) is 0 Å². The van der Waals surface area contributed by atoms with Crippen LogP contribution in [0.5, 0.6) is 0 Å². The molecule has 0 radical (unpaired) electrons. The molecule has 3 atom stereocenters. The molecule has 19 heavy (non-hydrogen) atoms. The molecule has 8 heteroatoms. The van der Waals surface area contributed by atoms with Crippen molar-refractivity contribution < 1.29 is 19.7 Å². The van der Waals surface area contributed by atoms with Crippen molar-refractivity contribution in [1.82, 2.24) is 5.32 Å². The molecule has 9 N–H and O–H groups in total. The number of aliphatic hydroxyl groups excluding tert-OH is 1. The standard InChI is InChI=1S/C11H28N4O4/c1-4-15-10(7-12,11(13,14)17)19-6-9(3)18-5-8(2)16/h8-9,15-17H,4-7,12-14H2,1-3H3. The summed E-state index contributed by atoms with van der Waals surface area (Å²) in [6.07, 6.45) is -0.863. The number of likely N-dealkylation sites (N-methyl/N-ethyl adjacent to an activating group) is 1. The van der Waals surface area contributed by atoms with Gasteiger partial charge in [0.25, 0.3) is 0 Å². The number of hydrogen-bond acceptors (Lipinski definition) is 8. The minimum atomic E-state index is -2.12. The maximum Gasteiger partial charge on any atom is 0.212 e. The average Bonchev–Trinajstić information content (AvgIpc) is 2.30. The Hall–Kier alpha value is -0.320. The predicted molar refractivity (Wildman–Crippen MR) is 71.8 cm³/mol. The maximum absolute atomic E-state index is 9.80. The molecule has 0 aliphatic heterocycles. The number of nitrogens with two attached hydrogens (primary N) is 3. The SMILES string of the molecule is CCNC(CN)(OCC(C)OCC(C)O)C(N)(N)O. The molecule has 0 aromatic heterocycles. The van der Waals surface area contributed by atoms with E-state index in [1.165, 1.54) is 0 Å². The Labute approximate surface area is 114 Å². The highest BCUT2D eigenvalue weighted by Crippen LogP contribution is 2.15. The summed E-state index contributed by atoms with van der Waals surface area (Å²) in [6, 6.07) is 0. The number of aliphatic hydroxyl groups is 2. The molecular weight excluding hydrogens is 252 g/mol. The maximum atomic E-state index is 9.80. The van der Waals surface area contributed by atoms with Gasteiger partial charge in [-0.3, -0.25) is 16.8 Å². The van der Waals surface area contributed by atoms with E-state index in [4.69, 9.17) is 31.8 Å². The van der Waals surface area contributed by atoms with Crippen molar-refractivity contribution in [2.75, 3.05) is 26.3 Å². The van der Waals surface area contributed by atoms with Crippen LogP contribution in [0.2, 0.25) is 0 Å². The number of hydrogen-bond donors (Lipinski definition) is 6. The summed E-state index contributed by atoms with van der Waals surface area (Å²) in [5.74, 6) is -2.12. The third-order valence-electron chi connectivity index (χ3n) is 2.58. The Morgan fingerprint density at radius 3 is 2.21 bits per heavy atom. The quantitative estimate of drug-likeness (QED) is 0.243. The van der Waals surface area contributed by atoms with Gasteiger partial charge in [-0.15, -0.1) is 0 Å². The van der Waals surface area contributed by atoms with E-state index in [-0.39, 0.29) is 25.9 Å². The first kappa shape index (κ1) is 18.7. The smallest absolute Gasteiger partial charge is 0.212 e. The molecular formula is C11H28N4O4. The second-order valence-corrected chi connectivity index (χ2v) is 4.69. The van der Waals surface area contributed by atoms with Gasteiger partial charge in [0.2, 0.25) is 5.85 Å². The number of ether oxygens (including phenoxy) is 2. The number of rotatable bonds is 10. The van der Waals surface area contributed by atoms with Crippen molar-refractivity contribution in [3.8, 4) is 0 Å². The Morgan fingerprint density at radius 1 is 1.26 bits per heavy atom. The van der Waals surface area contributed by atoms with Gasteiger partial charge in [0.1, 0.15) is 0 Å². The highest BCUT2D eigenvalue weighted by molar-refractivity contribution is 4.92. The first-order valence-electron chi connectivity index (χ1n) is 6.37. The van der Waals surface area contributed by atoms with E-state index in [1.54, 1.807) is 13.8 Å². The van der Waals surface area contributed by atoms with E-state index in [0.29, 0.717) is 6.54 Å². The number of nitrogens with one attached hydrogen (secondary N) is 1. The largest absolute Gasteiger partial charge is 0.391 e. The highest BCUT2D eigenvalue weighted by atomic mass is 16.6. The molecule has 0 fully saturated rings. The van der Waals surface area contributed by atoms with Crippen LogP contribution >= 0.6 is 0 Å². The topological polar surface area (TPSA) is 149 Å². The van der Waals surface area contributed by atoms with Gasteiger partial charge >= 0.3 is 0 Å². The lowest BCUT2D eigenvalue weighted by atomic mass is 10.1. The van der Waals surface area contributed by atoms with Crippen molar-refractivity contribution >= 4 is 0 Å². The van der Waals surface area contributed by atoms with Gasteiger partial charge in [-0.25, -0.2) is 0 Å². The van der Waals surface area contributed by atoms with Crippen LogP contribution in [0.1, 0.15) is 20.8 Å². The summed E-state index contributed by atoms with van der Waals surface area (Å²) < 4.78 is 10.9. The summed E-state index contributed by atoms with van der Waals surface area (Å²) in [5.41, 5.74) is 15.2. The fourth-order valence-corrected chi connectivity index (χ4v) is 1.50. The zero-order valence-electron chi connectivity index (χ0n) is 11.9. The fourth-order valence-electron chi connectivity index (χ4n) is 1.50. The molecule has 116 valence electrons. The van der Waals surface area contributed by atoms with Gasteiger partial charge in [-0.05, 0) is 20.4 Å². The van der Waals surface area contributed by atoms with Gasteiger partial charge in [0, 0.05) is 6.54 Å².